The van der Waals surface area contributed by atoms with Crippen molar-refractivity contribution in [2.75, 3.05) is 47.5 Å². The van der Waals surface area contributed by atoms with Crippen LogP contribution >= 0.6 is 0 Å². The summed E-state index contributed by atoms with van der Waals surface area (Å²) in [6.45, 7) is 4.57. The maximum absolute atomic E-state index is 12.8. The Hall–Kier alpha value is -3.79. The van der Waals surface area contributed by atoms with E-state index in [0.717, 1.165) is 109 Å². The number of allylic oxidation sites excluding steroid dienone is 16. The Bertz CT molecular complexity index is 1520. The minimum Gasteiger partial charge on any atom is -0.545 e. The molecule has 9 nitrogen and oxygen atoms in total. The Labute approximate surface area is 448 Å². The SMILES string of the molecule is CC/C=C\C/C=C\C/C=C\C/C=C\C/C=C\C/C=C\C/C=C\CCCCCCCCCCCCCCCCCC(=O)OC(COC(=O)CCCCCCC/C=C\CCCC)COC(OCC[N+](C)(C)C)C(=O)[O-]. The van der Waals surface area contributed by atoms with Crippen LogP contribution in [-0.2, 0) is 33.3 Å². The summed E-state index contributed by atoms with van der Waals surface area (Å²) in [4.78, 5) is 37.1. The lowest BCUT2D eigenvalue weighted by Crippen LogP contribution is -2.44. The van der Waals surface area contributed by atoms with E-state index in [4.69, 9.17) is 18.9 Å². The van der Waals surface area contributed by atoms with Gasteiger partial charge in [0.2, 0.25) is 0 Å². The van der Waals surface area contributed by atoms with E-state index in [1.807, 2.05) is 21.1 Å². The van der Waals surface area contributed by atoms with Crippen molar-refractivity contribution in [3.05, 3.63) is 97.2 Å². The van der Waals surface area contributed by atoms with Gasteiger partial charge in [-0.2, -0.15) is 0 Å². The number of carbonyl (C=O) groups is 3. The van der Waals surface area contributed by atoms with Gasteiger partial charge in [-0.1, -0.05) is 227 Å². The Balaban J connectivity index is 4.06. The summed E-state index contributed by atoms with van der Waals surface area (Å²) in [5.41, 5.74) is 0. The molecule has 0 spiro atoms. The van der Waals surface area contributed by atoms with Gasteiger partial charge < -0.3 is 33.3 Å². The first kappa shape index (κ1) is 69.2. The van der Waals surface area contributed by atoms with Gasteiger partial charge in [0.15, 0.2) is 12.4 Å². The van der Waals surface area contributed by atoms with E-state index in [1.54, 1.807) is 0 Å². The highest BCUT2D eigenvalue weighted by Gasteiger charge is 2.22. The van der Waals surface area contributed by atoms with Crippen molar-refractivity contribution in [3.8, 4) is 0 Å². The van der Waals surface area contributed by atoms with E-state index in [0.29, 0.717) is 17.4 Å². The van der Waals surface area contributed by atoms with Crippen molar-refractivity contribution in [1.29, 1.82) is 0 Å². The summed E-state index contributed by atoms with van der Waals surface area (Å²) in [6.07, 6.45) is 70.5. The van der Waals surface area contributed by atoms with Crippen LogP contribution in [0.25, 0.3) is 0 Å². The van der Waals surface area contributed by atoms with E-state index in [2.05, 4.69) is 111 Å². The van der Waals surface area contributed by atoms with Crippen molar-refractivity contribution in [1.82, 2.24) is 0 Å². The molecule has 0 amide bonds. The van der Waals surface area contributed by atoms with E-state index in [1.165, 1.54) is 89.9 Å². The Morgan fingerprint density at radius 2 is 0.781 bits per heavy atom. The molecule has 2 unspecified atom stereocenters. The summed E-state index contributed by atoms with van der Waals surface area (Å²) < 4.78 is 22.6. The number of unbranched alkanes of at least 4 members (excludes halogenated alkanes) is 22. The fourth-order valence-electron chi connectivity index (χ4n) is 7.79. The molecule has 0 aliphatic rings. The van der Waals surface area contributed by atoms with Crippen LogP contribution in [-0.4, -0.2) is 82.3 Å². The number of aliphatic carboxylic acids is 1. The molecule has 0 aromatic carbocycles. The second-order valence-electron chi connectivity index (χ2n) is 20.5. The zero-order chi connectivity index (χ0) is 53.4. The molecule has 0 rings (SSSR count). The summed E-state index contributed by atoms with van der Waals surface area (Å²) in [5, 5.41) is 11.7. The minimum absolute atomic E-state index is 0.144. The lowest BCUT2D eigenvalue weighted by Gasteiger charge is -2.26. The highest BCUT2D eigenvalue weighted by atomic mass is 16.7. The molecule has 0 saturated carbocycles. The fraction of sp³-hybridized carbons (Fsp3) is 0.703. The zero-order valence-electron chi connectivity index (χ0n) is 47.5. The first-order valence-electron chi connectivity index (χ1n) is 29.4. The number of carbonyl (C=O) groups excluding carboxylic acids is 3. The molecular formula is C64H109NO8. The standard InChI is InChI=1S/C64H109NO8/c1-6-8-10-12-14-16-18-19-20-21-22-23-24-25-26-27-28-29-30-31-32-33-34-35-36-37-38-39-40-41-42-43-45-47-49-51-53-55-62(67)73-60(59-72-64(63(68)69)70-57-56-65(3,4)5)58-71-61(66)54-52-50-48-46-44-17-15-13-11-9-7-2/h8,10,13-16,19-20,22-23,25-26,28-29,31-32,60,64H,6-7,9,11-12,17-18,21,24,27,30,33-59H2,1-5H3/b10-8-,15-13-,16-14-,20-19-,23-22-,26-25-,29-28-,32-31-. The maximum Gasteiger partial charge on any atom is 0.306 e. The third kappa shape index (κ3) is 55.8. The number of hydrogen-bond donors (Lipinski definition) is 0. The summed E-state index contributed by atoms with van der Waals surface area (Å²) in [5.74, 6) is -2.30. The number of quaternary nitrogens is 1. The number of rotatable bonds is 53. The third-order valence-electron chi connectivity index (χ3n) is 12.3. The van der Waals surface area contributed by atoms with Gasteiger partial charge >= 0.3 is 11.9 Å². The second-order valence-corrected chi connectivity index (χ2v) is 20.5. The van der Waals surface area contributed by atoms with Crippen LogP contribution < -0.4 is 5.11 Å². The molecule has 0 aliphatic carbocycles. The molecule has 0 bridgehead atoms. The number of nitrogens with zero attached hydrogens (tertiary/aromatic N) is 1. The third-order valence-corrected chi connectivity index (χ3v) is 12.3. The molecule has 73 heavy (non-hydrogen) atoms. The van der Waals surface area contributed by atoms with Gasteiger partial charge in [-0.25, -0.2) is 0 Å². The predicted molar refractivity (Wildman–Crippen MR) is 306 cm³/mol. The van der Waals surface area contributed by atoms with Crippen LogP contribution in [0.1, 0.15) is 232 Å². The lowest BCUT2D eigenvalue weighted by atomic mass is 10.0. The van der Waals surface area contributed by atoms with Crippen LogP contribution in [0, 0.1) is 0 Å². The largest absolute Gasteiger partial charge is 0.545 e. The van der Waals surface area contributed by atoms with Crippen LogP contribution in [0.4, 0.5) is 0 Å². The Morgan fingerprint density at radius 3 is 1.18 bits per heavy atom. The van der Waals surface area contributed by atoms with Gasteiger partial charge in [0, 0.05) is 12.8 Å². The van der Waals surface area contributed by atoms with E-state index >= 15 is 0 Å². The topological polar surface area (TPSA) is 111 Å². The summed E-state index contributed by atoms with van der Waals surface area (Å²) in [7, 11) is 5.91. The van der Waals surface area contributed by atoms with E-state index in [-0.39, 0.29) is 38.6 Å². The average molecular weight is 1020 g/mol. The number of likely N-dealkylation sites (N-methyl/N-ethyl adjacent to an activating group) is 1. The van der Waals surface area contributed by atoms with Crippen molar-refractivity contribution >= 4 is 17.9 Å². The quantitative estimate of drug-likeness (QED) is 0.0195. The van der Waals surface area contributed by atoms with E-state index < -0.39 is 24.3 Å². The number of carboxylic acid groups (broad SMARTS) is 1. The molecule has 0 radical (unpaired) electrons. The molecule has 0 aromatic heterocycles. The highest BCUT2D eigenvalue weighted by Crippen LogP contribution is 2.16. The lowest BCUT2D eigenvalue weighted by molar-refractivity contribution is -0.870. The molecule has 0 N–H and O–H groups in total. The van der Waals surface area contributed by atoms with Gasteiger partial charge in [-0.3, -0.25) is 9.59 Å². The van der Waals surface area contributed by atoms with Crippen molar-refractivity contribution in [2.24, 2.45) is 0 Å². The van der Waals surface area contributed by atoms with Gasteiger partial charge in [0.1, 0.15) is 13.2 Å². The number of ether oxygens (including phenoxy) is 4. The molecule has 2 atom stereocenters. The van der Waals surface area contributed by atoms with Gasteiger partial charge in [-0.15, -0.1) is 0 Å². The Morgan fingerprint density at radius 1 is 0.425 bits per heavy atom. The fourth-order valence-corrected chi connectivity index (χ4v) is 7.79. The Kier molecular flexibility index (Phi) is 51.6. The molecular weight excluding hydrogens is 911 g/mol. The normalized spacial score (nSPS) is 13.5. The maximum atomic E-state index is 12.8. The highest BCUT2D eigenvalue weighted by molar-refractivity contribution is 5.70. The number of esters is 2. The minimum atomic E-state index is -1.62. The first-order valence-corrected chi connectivity index (χ1v) is 29.4. The average Bonchev–Trinajstić information content (AvgIpc) is 3.36. The molecule has 9 heteroatoms. The van der Waals surface area contributed by atoms with Gasteiger partial charge in [0.05, 0.1) is 40.3 Å². The summed E-state index contributed by atoms with van der Waals surface area (Å²) in [6, 6.07) is 0. The zero-order valence-corrected chi connectivity index (χ0v) is 47.5. The molecule has 0 saturated heterocycles. The molecule has 0 aromatic rings. The monoisotopic (exact) mass is 1020 g/mol. The van der Waals surface area contributed by atoms with Crippen LogP contribution in [0.3, 0.4) is 0 Å². The number of hydrogen-bond acceptors (Lipinski definition) is 8. The first-order chi connectivity index (χ1) is 35.6. The van der Waals surface area contributed by atoms with Crippen molar-refractivity contribution in [2.45, 2.75) is 245 Å². The second kappa shape index (κ2) is 54.5. The number of carboxylic acids is 1. The molecule has 0 fully saturated rings. The van der Waals surface area contributed by atoms with Crippen LogP contribution in [0.15, 0.2) is 97.2 Å². The summed E-state index contributed by atoms with van der Waals surface area (Å²) >= 11 is 0. The predicted octanol–water partition coefficient (Wildman–Crippen LogP) is 16.0. The van der Waals surface area contributed by atoms with Crippen molar-refractivity contribution in [3.63, 3.8) is 0 Å². The smallest absolute Gasteiger partial charge is 0.306 e. The van der Waals surface area contributed by atoms with Gasteiger partial charge in [0.25, 0.3) is 0 Å². The van der Waals surface area contributed by atoms with Gasteiger partial charge in [-0.05, 0) is 89.9 Å². The molecule has 418 valence electrons. The molecule has 0 heterocycles. The van der Waals surface area contributed by atoms with E-state index in [9.17, 15) is 19.5 Å². The molecule has 0 aliphatic heterocycles. The van der Waals surface area contributed by atoms with Crippen LogP contribution in [0.5, 0.6) is 0 Å². The van der Waals surface area contributed by atoms with Crippen molar-refractivity contribution < 1.29 is 42.9 Å². The van der Waals surface area contributed by atoms with Crippen LogP contribution in [0.2, 0.25) is 0 Å².